The quantitative estimate of drug-likeness (QED) is 0.686. The molecule has 1 amide bonds. The van der Waals surface area contributed by atoms with Crippen LogP contribution >= 0.6 is 0 Å². The van der Waals surface area contributed by atoms with Gasteiger partial charge in [-0.1, -0.05) is 20.3 Å². The van der Waals surface area contributed by atoms with Crippen LogP contribution in [0.5, 0.6) is 0 Å². The second-order valence-electron chi connectivity index (χ2n) is 5.08. The summed E-state index contributed by atoms with van der Waals surface area (Å²) in [6, 6.07) is -0.229. The fraction of sp³-hybridized carbons (Fsp3) is 0.909. The monoisotopic (exact) mass is 278 g/mol. The van der Waals surface area contributed by atoms with Gasteiger partial charge in [-0.25, -0.2) is 13.6 Å². The predicted molar refractivity (Wildman–Crippen MR) is 68.1 cm³/mol. The zero-order valence-corrected chi connectivity index (χ0v) is 11.7. The minimum atomic E-state index is -3.55. The lowest BCUT2D eigenvalue weighted by Gasteiger charge is -2.31. The minimum Gasteiger partial charge on any atom is -0.394 e. The van der Waals surface area contributed by atoms with E-state index in [0.29, 0.717) is 6.54 Å². The summed E-state index contributed by atoms with van der Waals surface area (Å²) in [6.45, 7) is 4.24. The molecule has 0 spiro atoms. The van der Waals surface area contributed by atoms with E-state index in [1.807, 2.05) is 13.8 Å². The number of hydrogen-bond donors (Lipinski definition) is 2. The summed E-state index contributed by atoms with van der Waals surface area (Å²) in [6.07, 6.45) is 1.05. The van der Waals surface area contributed by atoms with Crippen molar-refractivity contribution in [1.29, 1.82) is 0 Å². The Bertz CT molecular complexity index is 396. The SMILES string of the molecule is CC[C@H](C)[C@@H](CO)N1CC(CS(N)(=O)=O)CC1=O. The first-order valence-electron chi connectivity index (χ1n) is 6.19. The zero-order valence-electron chi connectivity index (χ0n) is 10.9. The molecule has 0 aliphatic carbocycles. The minimum absolute atomic E-state index is 0.0944. The lowest BCUT2D eigenvalue weighted by Crippen LogP contribution is -2.43. The summed E-state index contributed by atoms with van der Waals surface area (Å²) < 4.78 is 22.1. The molecular weight excluding hydrogens is 256 g/mol. The van der Waals surface area contributed by atoms with Crippen molar-refractivity contribution in [3.63, 3.8) is 0 Å². The average molecular weight is 278 g/mol. The molecule has 18 heavy (non-hydrogen) atoms. The van der Waals surface area contributed by atoms with Gasteiger partial charge in [0.15, 0.2) is 0 Å². The Hall–Kier alpha value is -0.660. The van der Waals surface area contributed by atoms with Crippen LogP contribution in [-0.4, -0.2) is 49.3 Å². The van der Waals surface area contributed by atoms with Crippen LogP contribution in [0.25, 0.3) is 0 Å². The van der Waals surface area contributed by atoms with Crippen LogP contribution in [-0.2, 0) is 14.8 Å². The van der Waals surface area contributed by atoms with Crippen LogP contribution in [0, 0.1) is 11.8 Å². The smallest absolute Gasteiger partial charge is 0.223 e. The Kier molecular flexibility index (Phi) is 5.12. The molecule has 7 heteroatoms. The third kappa shape index (κ3) is 3.93. The third-order valence-corrected chi connectivity index (χ3v) is 4.53. The number of amides is 1. The van der Waals surface area contributed by atoms with Crippen molar-refractivity contribution in [1.82, 2.24) is 4.90 Å². The lowest BCUT2D eigenvalue weighted by atomic mass is 9.98. The maximum absolute atomic E-state index is 11.9. The standard InChI is InChI=1S/C11H22N2O4S/c1-3-8(2)10(6-14)13-5-9(4-11(13)15)7-18(12,16)17/h8-10,14H,3-7H2,1-2H3,(H2,12,16,17)/t8-,9?,10+/m0/s1. The highest BCUT2D eigenvalue weighted by atomic mass is 32.2. The summed E-state index contributed by atoms with van der Waals surface area (Å²) >= 11 is 0. The maximum atomic E-state index is 11.9. The Labute approximate surface area is 108 Å². The van der Waals surface area contributed by atoms with Crippen molar-refractivity contribution in [2.45, 2.75) is 32.7 Å². The van der Waals surface area contributed by atoms with Crippen molar-refractivity contribution in [2.75, 3.05) is 18.9 Å². The molecule has 3 N–H and O–H groups in total. The van der Waals surface area contributed by atoms with Crippen molar-refractivity contribution < 1.29 is 18.3 Å². The molecule has 1 aliphatic rings. The molecule has 1 rings (SSSR count). The number of primary sulfonamides is 1. The largest absolute Gasteiger partial charge is 0.394 e. The number of aliphatic hydroxyl groups is 1. The summed E-state index contributed by atoms with van der Waals surface area (Å²) in [4.78, 5) is 13.5. The Morgan fingerprint density at radius 1 is 1.56 bits per heavy atom. The lowest BCUT2D eigenvalue weighted by molar-refractivity contribution is -0.131. The molecule has 0 aromatic carbocycles. The highest BCUT2D eigenvalue weighted by Crippen LogP contribution is 2.25. The van der Waals surface area contributed by atoms with Crippen LogP contribution in [0.4, 0.5) is 0 Å². The molecule has 1 unspecified atom stereocenters. The molecule has 1 heterocycles. The van der Waals surface area contributed by atoms with Crippen LogP contribution in [0.15, 0.2) is 0 Å². The average Bonchev–Trinajstić information content (AvgIpc) is 2.58. The Morgan fingerprint density at radius 3 is 2.61 bits per heavy atom. The molecule has 0 aromatic rings. The van der Waals surface area contributed by atoms with E-state index >= 15 is 0 Å². The van der Waals surface area contributed by atoms with Gasteiger partial charge in [0.05, 0.1) is 18.4 Å². The number of aliphatic hydroxyl groups excluding tert-OH is 1. The van der Waals surface area contributed by atoms with Gasteiger partial charge in [0.25, 0.3) is 0 Å². The summed E-state index contributed by atoms with van der Waals surface area (Å²) in [7, 11) is -3.55. The summed E-state index contributed by atoms with van der Waals surface area (Å²) in [5, 5.41) is 14.4. The van der Waals surface area contributed by atoms with E-state index < -0.39 is 10.0 Å². The van der Waals surface area contributed by atoms with E-state index in [-0.39, 0.29) is 42.6 Å². The van der Waals surface area contributed by atoms with E-state index in [1.54, 1.807) is 4.90 Å². The number of sulfonamides is 1. The van der Waals surface area contributed by atoms with Crippen molar-refractivity contribution in [2.24, 2.45) is 17.0 Å². The number of rotatable bonds is 6. The van der Waals surface area contributed by atoms with Crippen LogP contribution in [0.2, 0.25) is 0 Å². The third-order valence-electron chi connectivity index (χ3n) is 3.59. The topological polar surface area (TPSA) is 101 Å². The van der Waals surface area contributed by atoms with E-state index in [0.717, 1.165) is 6.42 Å². The van der Waals surface area contributed by atoms with Crippen LogP contribution < -0.4 is 5.14 Å². The van der Waals surface area contributed by atoms with Gasteiger partial charge in [-0.05, 0) is 5.92 Å². The summed E-state index contributed by atoms with van der Waals surface area (Å²) in [5.74, 6) is -0.339. The number of carbonyl (C=O) groups excluding carboxylic acids is 1. The van der Waals surface area contributed by atoms with Gasteiger partial charge in [0.2, 0.25) is 15.9 Å². The number of hydrogen-bond acceptors (Lipinski definition) is 4. The van der Waals surface area contributed by atoms with Crippen LogP contribution in [0.1, 0.15) is 26.7 Å². The number of nitrogens with two attached hydrogens (primary N) is 1. The molecule has 1 saturated heterocycles. The van der Waals surface area contributed by atoms with Gasteiger partial charge in [0, 0.05) is 18.9 Å². The number of nitrogens with zero attached hydrogens (tertiary/aromatic N) is 1. The predicted octanol–water partition coefficient (Wildman–Crippen LogP) is -0.470. The van der Waals surface area contributed by atoms with Gasteiger partial charge in [-0.3, -0.25) is 4.79 Å². The molecule has 106 valence electrons. The van der Waals surface area contributed by atoms with Crippen LogP contribution in [0.3, 0.4) is 0 Å². The van der Waals surface area contributed by atoms with Crippen molar-refractivity contribution in [3.8, 4) is 0 Å². The second-order valence-corrected chi connectivity index (χ2v) is 6.74. The second kappa shape index (κ2) is 5.99. The molecule has 3 atom stereocenters. The van der Waals surface area contributed by atoms with Gasteiger partial charge >= 0.3 is 0 Å². The normalized spacial score (nSPS) is 24.3. The van der Waals surface area contributed by atoms with Gasteiger partial charge in [0.1, 0.15) is 0 Å². The van der Waals surface area contributed by atoms with Crippen molar-refractivity contribution in [3.05, 3.63) is 0 Å². The molecule has 1 aliphatic heterocycles. The number of likely N-dealkylation sites (tertiary alicyclic amines) is 1. The fourth-order valence-electron chi connectivity index (χ4n) is 2.43. The van der Waals surface area contributed by atoms with E-state index in [9.17, 15) is 18.3 Å². The Morgan fingerprint density at radius 2 is 2.17 bits per heavy atom. The van der Waals surface area contributed by atoms with E-state index in [1.165, 1.54) is 0 Å². The highest BCUT2D eigenvalue weighted by Gasteiger charge is 2.37. The molecule has 0 aromatic heterocycles. The molecule has 0 bridgehead atoms. The first-order valence-corrected chi connectivity index (χ1v) is 7.90. The zero-order chi connectivity index (χ0) is 13.9. The number of carbonyl (C=O) groups is 1. The first kappa shape index (κ1) is 15.4. The molecule has 1 fully saturated rings. The first-order chi connectivity index (χ1) is 8.28. The fourth-order valence-corrected chi connectivity index (χ4v) is 3.31. The molecule has 0 saturated carbocycles. The summed E-state index contributed by atoms with van der Waals surface area (Å²) in [5.41, 5.74) is 0. The van der Waals surface area contributed by atoms with Crippen molar-refractivity contribution >= 4 is 15.9 Å². The molecule has 6 nitrogen and oxygen atoms in total. The van der Waals surface area contributed by atoms with E-state index in [2.05, 4.69) is 0 Å². The maximum Gasteiger partial charge on any atom is 0.223 e. The van der Waals surface area contributed by atoms with Gasteiger partial charge in [-0.2, -0.15) is 0 Å². The molecule has 0 radical (unpaired) electrons. The van der Waals surface area contributed by atoms with Gasteiger partial charge < -0.3 is 10.0 Å². The Balaban J connectivity index is 2.71. The highest BCUT2D eigenvalue weighted by molar-refractivity contribution is 7.89. The van der Waals surface area contributed by atoms with E-state index in [4.69, 9.17) is 5.14 Å². The van der Waals surface area contributed by atoms with Gasteiger partial charge in [-0.15, -0.1) is 0 Å². The molecular formula is C11H22N2O4S.